The second kappa shape index (κ2) is 17.8. The summed E-state index contributed by atoms with van der Waals surface area (Å²) in [6, 6.07) is 0. The molecule has 0 aromatic carbocycles. The lowest BCUT2D eigenvalue weighted by Gasteiger charge is -2.29. The van der Waals surface area contributed by atoms with Crippen LogP contribution in [0.1, 0.15) is 116 Å². The minimum absolute atomic E-state index is 1.06. The molecule has 0 saturated heterocycles. The molecule has 0 aromatic heterocycles. The number of rotatable bonds is 19. The Morgan fingerprint density at radius 1 is 0.500 bits per heavy atom. The molecule has 0 aliphatic rings. The van der Waals surface area contributed by atoms with Crippen LogP contribution >= 0.6 is 0 Å². The molecular formula is C23H49N+. The van der Waals surface area contributed by atoms with Crippen LogP contribution in [0.4, 0.5) is 0 Å². The number of quaternary nitrogens is 1. The normalized spacial score (nSPS) is 12.0. The average molecular weight is 340 g/mol. The van der Waals surface area contributed by atoms with Gasteiger partial charge in [-0.15, -0.1) is 0 Å². The summed E-state index contributed by atoms with van der Waals surface area (Å²) < 4.78 is 1.15. The molecule has 24 heavy (non-hydrogen) atoms. The third kappa shape index (κ3) is 18.3. The van der Waals surface area contributed by atoms with E-state index >= 15 is 0 Å². The van der Waals surface area contributed by atoms with Crippen molar-refractivity contribution in [3.8, 4) is 0 Å². The van der Waals surface area contributed by atoms with Crippen molar-refractivity contribution in [3.05, 3.63) is 6.92 Å². The van der Waals surface area contributed by atoms with Crippen molar-refractivity contribution in [2.75, 3.05) is 27.2 Å². The molecule has 0 fully saturated rings. The second-order valence-electron chi connectivity index (χ2n) is 8.54. The third-order valence-electron chi connectivity index (χ3n) is 5.38. The van der Waals surface area contributed by atoms with Crippen molar-refractivity contribution in [3.63, 3.8) is 0 Å². The zero-order valence-electron chi connectivity index (χ0n) is 17.6. The minimum atomic E-state index is 1.06. The molecule has 0 amide bonds. The molecular weight excluding hydrogens is 290 g/mol. The summed E-state index contributed by atoms with van der Waals surface area (Å²) in [5, 5.41) is 0. The largest absolute Gasteiger partial charge is 0.328 e. The van der Waals surface area contributed by atoms with E-state index in [-0.39, 0.29) is 0 Å². The molecule has 145 valence electrons. The van der Waals surface area contributed by atoms with E-state index in [1.165, 1.54) is 116 Å². The molecule has 0 spiro atoms. The first-order valence-electron chi connectivity index (χ1n) is 11.2. The molecule has 0 unspecified atom stereocenters. The Labute approximate surface area is 155 Å². The molecule has 1 nitrogen and oxygen atoms in total. The summed E-state index contributed by atoms with van der Waals surface area (Å²) in [5.41, 5.74) is 0. The number of unbranched alkanes of at least 4 members (excludes halogenated alkanes) is 15. The lowest BCUT2D eigenvalue weighted by atomic mass is 10.0. The molecule has 0 bridgehead atoms. The van der Waals surface area contributed by atoms with E-state index in [4.69, 9.17) is 0 Å². The van der Waals surface area contributed by atoms with Crippen LogP contribution in [0.5, 0.6) is 0 Å². The van der Waals surface area contributed by atoms with Gasteiger partial charge in [-0.3, -0.25) is 0 Å². The first-order valence-corrected chi connectivity index (χ1v) is 11.2. The SMILES string of the molecule is [CH2]CC[N+](C)(C)CCCCCCCCCCCCCCCCCC. The predicted molar refractivity (Wildman–Crippen MR) is 111 cm³/mol. The van der Waals surface area contributed by atoms with Crippen LogP contribution in [0.2, 0.25) is 0 Å². The number of nitrogens with zero attached hydrogens (tertiary/aromatic N) is 1. The van der Waals surface area contributed by atoms with E-state index in [0.29, 0.717) is 0 Å². The fourth-order valence-electron chi connectivity index (χ4n) is 3.63. The quantitative estimate of drug-likeness (QED) is 0.168. The Morgan fingerprint density at radius 3 is 1.17 bits per heavy atom. The highest BCUT2D eigenvalue weighted by molar-refractivity contribution is 4.50. The molecule has 1 radical (unpaired) electrons. The number of hydrogen-bond donors (Lipinski definition) is 0. The summed E-state index contributed by atoms with van der Waals surface area (Å²) in [7, 11) is 4.69. The molecule has 0 N–H and O–H groups in total. The Morgan fingerprint density at radius 2 is 0.833 bits per heavy atom. The van der Waals surface area contributed by atoms with Gasteiger partial charge in [0.1, 0.15) is 0 Å². The van der Waals surface area contributed by atoms with Gasteiger partial charge in [-0.2, -0.15) is 0 Å². The van der Waals surface area contributed by atoms with Gasteiger partial charge >= 0.3 is 0 Å². The standard InChI is InChI=1S/C23H49N/c1-5-7-8-9-10-11-12-13-14-15-16-17-18-19-20-21-23-24(3,4)22-6-2/h2,5-23H2,1,3-4H3/q+1. The fourth-order valence-corrected chi connectivity index (χ4v) is 3.63. The van der Waals surface area contributed by atoms with E-state index in [1.807, 2.05) is 0 Å². The van der Waals surface area contributed by atoms with Gasteiger partial charge in [-0.05, 0) is 26.2 Å². The van der Waals surface area contributed by atoms with Crippen LogP contribution in [-0.4, -0.2) is 31.7 Å². The first kappa shape index (κ1) is 24.0. The molecule has 0 atom stereocenters. The highest BCUT2D eigenvalue weighted by Crippen LogP contribution is 2.14. The smallest absolute Gasteiger partial charge is 0.0782 e. The molecule has 0 aliphatic heterocycles. The topological polar surface area (TPSA) is 0 Å². The van der Waals surface area contributed by atoms with Gasteiger partial charge < -0.3 is 4.48 Å². The summed E-state index contributed by atoms with van der Waals surface area (Å²) in [5.74, 6) is 0. The summed E-state index contributed by atoms with van der Waals surface area (Å²) in [6.45, 7) is 8.83. The van der Waals surface area contributed by atoms with Gasteiger partial charge in [0.05, 0.1) is 27.2 Å². The molecule has 1 heteroatoms. The first-order chi connectivity index (χ1) is 11.6. The molecule has 0 aromatic rings. The van der Waals surface area contributed by atoms with Gasteiger partial charge in [-0.25, -0.2) is 0 Å². The zero-order chi connectivity index (χ0) is 17.9. The van der Waals surface area contributed by atoms with E-state index in [9.17, 15) is 0 Å². The Balaban J connectivity index is 3.10. The highest BCUT2D eigenvalue weighted by atomic mass is 15.3. The number of hydrogen-bond acceptors (Lipinski definition) is 0. The van der Waals surface area contributed by atoms with Gasteiger partial charge in [0.15, 0.2) is 0 Å². The summed E-state index contributed by atoms with van der Waals surface area (Å²) >= 11 is 0. The highest BCUT2D eigenvalue weighted by Gasteiger charge is 2.11. The molecule has 0 aliphatic carbocycles. The van der Waals surface area contributed by atoms with Gasteiger partial charge in [0.25, 0.3) is 0 Å². The lowest BCUT2D eigenvalue weighted by Crippen LogP contribution is -2.40. The fraction of sp³-hybridized carbons (Fsp3) is 0.957. The average Bonchev–Trinajstić information content (AvgIpc) is 2.54. The van der Waals surface area contributed by atoms with Crippen molar-refractivity contribution in [1.82, 2.24) is 0 Å². The molecule has 0 saturated carbocycles. The van der Waals surface area contributed by atoms with Crippen molar-refractivity contribution in [2.45, 2.75) is 116 Å². The van der Waals surface area contributed by atoms with Crippen molar-refractivity contribution >= 4 is 0 Å². The van der Waals surface area contributed by atoms with Crippen LogP contribution in [0, 0.1) is 6.92 Å². The van der Waals surface area contributed by atoms with E-state index in [1.54, 1.807) is 0 Å². The molecule has 0 rings (SSSR count). The Hall–Kier alpha value is -0.0400. The van der Waals surface area contributed by atoms with E-state index in [0.717, 1.165) is 10.9 Å². The van der Waals surface area contributed by atoms with Crippen LogP contribution < -0.4 is 0 Å². The maximum absolute atomic E-state index is 3.98. The van der Waals surface area contributed by atoms with Gasteiger partial charge in [-0.1, -0.05) is 96.8 Å². The maximum Gasteiger partial charge on any atom is 0.0782 e. The van der Waals surface area contributed by atoms with Gasteiger partial charge in [0, 0.05) is 0 Å². The zero-order valence-corrected chi connectivity index (χ0v) is 17.6. The van der Waals surface area contributed by atoms with Crippen molar-refractivity contribution in [2.24, 2.45) is 0 Å². The van der Waals surface area contributed by atoms with Crippen molar-refractivity contribution in [1.29, 1.82) is 0 Å². The minimum Gasteiger partial charge on any atom is -0.328 e. The predicted octanol–water partition coefficient (Wildman–Crippen LogP) is 7.55. The van der Waals surface area contributed by atoms with Crippen LogP contribution in [0.3, 0.4) is 0 Å². The Kier molecular flexibility index (Phi) is 17.7. The van der Waals surface area contributed by atoms with Crippen LogP contribution in [-0.2, 0) is 0 Å². The maximum atomic E-state index is 3.98. The van der Waals surface area contributed by atoms with Gasteiger partial charge in [0.2, 0.25) is 0 Å². The monoisotopic (exact) mass is 339 g/mol. The van der Waals surface area contributed by atoms with Crippen LogP contribution in [0.25, 0.3) is 0 Å². The second-order valence-corrected chi connectivity index (χ2v) is 8.54. The summed E-state index contributed by atoms with van der Waals surface area (Å²) in [4.78, 5) is 0. The molecule has 0 heterocycles. The Bertz CT molecular complexity index is 234. The van der Waals surface area contributed by atoms with Crippen molar-refractivity contribution < 1.29 is 4.48 Å². The van der Waals surface area contributed by atoms with E-state index < -0.39 is 0 Å². The third-order valence-corrected chi connectivity index (χ3v) is 5.38. The van der Waals surface area contributed by atoms with Crippen LogP contribution in [0.15, 0.2) is 0 Å². The van der Waals surface area contributed by atoms with E-state index in [2.05, 4.69) is 27.9 Å². The summed E-state index contributed by atoms with van der Waals surface area (Å²) in [6.07, 6.45) is 24.3. The lowest BCUT2D eigenvalue weighted by molar-refractivity contribution is -0.890.